The summed E-state index contributed by atoms with van der Waals surface area (Å²) in [6.07, 6.45) is -2.96. The largest absolute Gasteiger partial charge is 0.389 e. The Labute approximate surface area is 112 Å². The van der Waals surface area contributed by atoms with Crippen LogP contribution in [0.15, 0.2) is 12.1 Å². The van der Waals surface area contributed by atoms with Gasteiger partial charge in [-0.1, -0.05) is 11.8 Å². The number of carbonyl (C=O) groups excluding carboxylic acids is 2. The molecule has 104 valence electrons. The Balaban J connectivity index is 2.92. The molecule has 0 heterocycles. The predicted octanol–water partition coefficient (Wildman–Crippen LogP) is 1.45. The second-order valence-corrected chi connectivity index (χ2v) is 5.02. The van der Waals surface area contributed by atoms with Gasteiger partial charge in [0, 0.05) is 18.2 Å². The number of thioether (sulfide) groups is 1. The molecule has 1 aromatic carbocycles. The van der Waals surface area contributed by atoms with Gasteiger partial charge in [0.15, 0.2) is 11.4 Å². The van der Waals surface area contributed by atoms with Crippen LogP contribution in [0.25, 0.3) is 0 Å². The number of aliphatic hydroxyl groups is 2. The molecule has 19 heavy (non-hydrogen) atoms. The molecule has 0 aliphatic carbocycles. The summed E-state index contributed by atoms with van der Waals surface area (Å²) in [5, 5.41) is 19.0. The number of carbonyl (C=O) groups is 2. The lowest BCUT2D eigenvalue weighted by Gasteiger charge is -2.18. The fraction of sp³-hybridized carbons (Fsp3) is 0.333. The zero-order chi connectivity index (χ0) is 14.6. The Bertz CT molecular complexity index is 493. The van der Waals surface area contributed by atoms with Crippen LogP contribution in [0, 0.1) is 11.6 Å². The highest BCUT2D eigenvalue weighted by molar-refractivity contribution is 8.13. The van der Waals surface area contributed by atoms with Crippen LogP contribution in [0.1, 0.15) is 28.9 Å². The number of aldehydes is 1. The van der Waals surface area contributed by atoms with Crippen LogP contribution in [0.2, 0.25) is 0 Å². The van der Waals surface area contributed by atoms with E-state index in [1.165, 1.54) is 6.92 Å². The topological polar surface area (TPSA) is 74.6 Å². The third kappa shape index (κ3) is 4.09. The minimum absolute atomic E-state index is 0.146. The summed E-state index contributed by atoms with van der Waals surface area (Å²) in [7, 11) is 0. The summed E-state index contributed by atoms with van der Waals surface area (Å²) < 4.78 is 26.9. The molecule has 0 fully saturated rings. The smallest absolute Gasteiger partial charge is 0.185 e. The second kappa shape index (κ2) is 6.74. The minimum atomic E-state index is -1.68. The van der Waals surface area contributed by atoms with Gasteiger partial charge in [-0.05, 0) is 12.1 Å². The maximum atomic E-state index is 13.6. The number of hydrogen-bond acceptors (Lipinski definition) is 5. The molecule has 0 bridgehead atoms. The van der Waals surface area contributed by atoms with E-state index in [1.807, 2.05) is 0 Å². The molecular weight excluding hydrogens is 278 g/mol. The highest BCUT2D eigenvalue weighted by Gasteiger charge is 2.23. The zero-order valence-electron chi connectivity index (χ0n) is 9.97. The van der Waals surface area contributed by atoms with E-state index >= 15 is 0 Å². The summed E-state index contributed by atoms with van der Waals surface area (Å²) in [6, 6.07) is 1.30. The van der Waals surface area contributed by atoms with E-state index in [4.69, 9.17) is 0 Å². The molecule has 0 aliphatic rings. The summed E-state index contributed by atoms with van der Waals surface area (Å²) in [5.74, 6) is -2.13. The molecule has 4 nitrogen and oxygen atoms in total. The molecule has 1 rings (SSSR count). The van der Waals surface area contributed by atoms with Crippen molar-refractivity contribution in [1.82, 2.24) is 0 Å². The number of aliphatic hydroxyl groups excluding tert-OH is 2. The van der Waals surface area contributed by atoms with Crippen LogP contribution in [0.4, 0.5) is 8.78 Å². The van der Waals surface area contributed by atoms with Gasteiger partial charge < -0.3 is 10.2 Å². The lowest BCUT2D eigenvalue weighted by molar-refractivity contribution is -0.109. The van der Waals surface area contributed by atoms with Crippen LogP contribution < -0.4 is 0 Å². The average molecular weight is 290 g/mol. The van der Waals surface area contributed by atoms with Crippen molar-refractivity contribution in [3.05, 3.63) is 34.9 Å². The lowest BCUT2D eigenvalue weighted by Crippen LogP contribution is -2.22. The van der Waals surface area contributed by atoms with Gasteiger partial charge in [0.1, 0.15) is 17.7 Å². The van der Waals surface area contributed by atoms with Gasteiger partial charge in [0.2, 0.25) is 0 Å². The molecule has 0 amide bonds. The van der Waals surface area contributed by atoms with E-state index in [1.54, 1.807) is 0 Å². The molecule has 2 N–H and O–H groups in total. The monoisotopic (exact) mass is 290 g/mol. The molecule has 0 spiro atoms. The Morgan fingerprint density at radius 2 is 2.00 bits per heavy atom. The molecule has 0 saturated heterocycles. The summed E-state index contributed by atoms with van der Waals surface area (Å²) >= 11 is 0.759. The standard InChI is InChI=1S/C12H12F2O4S/c1-6(16)19-5-11(17)12(18)8-3-9(13)7(4-15)2-10(8)14/h2-4,11-12,17-18H,5H2,1H3. The Morgan fingerprint density at radius 1 is 1.37 bits per heavy atom. The van der Waals surface area contributed by atoms with Crippen molar-refractivity contribution in [2.24, 2.45) is 0 Å². The van der Waals surface area contributed by atoms with Crippen molar-refractivity contribution in [2.75, 3.05) is 5.75 Å². The second-order valence-electron chi connectivity index (χ2n) is 3.83. The van der Waals surface area contributed by atoms with Crippen molar-refractivity contribution in [1.29, 1.82) is 0 Å². The van der Waals surface area contributed by atoms with Crippen molar-refractivity contribution in [3.8, 4) is 0 Å². The Kier molecular flexibility index (Phi) is 5.59. The number of rotatable bonds is 5. The van der Waals surface area contributed by atoms with Crippen molar-refractivity contribution in [2.45, 2.75) is 19.1 Å². The first-order valence-corrected chi connectivity index (χ1v) is 6.29. The van der Waals surface area contributed by atoms with Gasteiger partial charge in [0.25, 0.3) is 0 Å². The normalized spacial score (nSPS) is 13.9. The van der Waals surface area contributed by atoms with E-state index in [0.29, 0.717) is 12.1 Å². The van der Waals surface area contributed by atoms with Crippen LogP contribution in [-0.4, -0.2) is 33.5 Å². The van der Waals surface area contributed by atoms with Crippen molar-refractivity contribution in [3.63, 3.8) is 0 Å². The van der Waals surface area contributed by atoms with Gasteiger partial charge in [-0.15, -0.1) is 0 Å². The average Bonchev–Trinajstić information content (AvgIpc) is 2.37. The van der Waals surface area contributed by atoms with Crippen LogP contribution in [-0.2, 0) is 4.79 Å². The van der Waals surface area contributed by atoms with E-state index in [9.17, 15) is 28.6 Å². The predicted molar refractivity (Wildman–Crippen MR) is 65.9 cm³/mol. The number of halogens is 2. The molecule has 0 saturated carbocycles. The molecule has 0 aromatic heterocycles. The maximum absolute atomic E-state index is 13.6. The summed E-state index contributed by atoms with van der Waals surface area (Å²) in [6.45, 7) is 1.28. The van der Waals surface area contributed by atoms with E-state index in [2.05, 4.69) is 0 Å². The molecule has 1 aromatic rings. The minimum Gasteiger partial charge on any atom is -0.389 e. The first-order chi connectivity index (χ1) is 8.86. The maximum Gasteiger partial charge on any atom is 0.185 e. The highest BCUT2D eigenvalue weighted by Crippen LogP contribution is 2.24. The number of hydrogen-bond donors (Lipinski definition) is 2. The first kappa shape index (κ1) is 15.7. The lowest BCUT2D eigenvalue weighted by atomic mass is 10.0. The van der Waals surface area contributed by atoms with Gasteiger partial charge in [-0.2, -0.15) is 0 Å². The fourth-order valence-electron chi connectivity index (χ4n) is 1.40. The van der Waals surface area contributed by atoms with Gasteiger partial charge in [0.05, 0.1) is 11.7 Å². The molecule has 7 heteroatoms. The van der Waals surface area contributed by atoms with Gasteiger partial charge in [-0.3, -0.25) is 9.59 Å². The van der Waals surface area contributed by atoms with Gasteiger partial charge in [-0.25, -0.2) is 8.78 Å². The summed E-state index contributed by atoms with van der Waals surface area (Å²) in [4.78, 5) is 21.1. The van der Waals surface area contributed by atoms with Crippen LogP contribution in [0.5, 0.6) is 0 Å². The van der Waals surface area contributed by atoms with Crippen molar-refractivity contribution >= 4 is 23.2 Å². The molecule has 0 aliphatic heterocycles. The summed E-state index contributed by atoms with van der Waals surface area (Å²) in [5.41, 5.74) is -0.930. The quantitative estimate of drug-likeness (QED) is 0.803. The van der Waals surface area contributed by atoms with Crippen molar-refractivity contribution < 1.29 is 28.6 Å². The Hall–Kier alpha value is -1.31. The van der Waals surface area contributed by atoms with Crippen LogP contribution >= 0.6 is 11.8 Å². The van der Waals surface area contributed by atoms with E-state index in [0.717, 1.165) is 11.8 Å². The van der Waals surface area contributed by atoms with E-state index < -0.39 is 35.0 Å². The molecule has 0 radical (unpaired) electrons. The van der Waals surface area contributed by atoms with Gasteiger partial charge >= 0.3 is 0 Å². The third-order valence-electron chi connectivity index (χ3n) is 2.38. The SMILES string of the molecule is CC(=O)SCC(O)C(O)c1cc(F)c(C=O)cc1F. The highest BCUT2D eigenvalue weighted by atomic mass is 32.2. The third-order valence-corrected chi connectivity index (χ3v) is 3.30. The molecular formula is C12H12F2O4S. The first-order valence-electron chi connectivity index (χ1n) is 5.30. The molecule has 2 atom stereocenters. The van der Waals surface area contributed by atoms with E-state index in [-0.39, 0.29) is 17.2 Å². The molecule has 2 unspecified atom stereocenters. The fourth-order valence-corrected chi connectivity index (χ4v) is 1.98. The Morgan fingerprint density at radius 3 is 2.53 bits per heavy atom. The van der Waals surface area contributed by atoms with Crippen LogP contribution in [0.3, 0.4) is 0 Å². The number of benzene rings is 1. The zero-order valence-corrected chi connectivity index (χ0v) is 10.8.